The normalized spacial score (nSPS) is 23.6. The second-order valence-electron chi connectivity index (χ2n) is 11.9. The van der Waals surface area contributed by atoms with E-state index in [1.165, 1.54) is 18.6 Å². The first-order chi connectivity index (χ1) is 22.8. The molecule has 2 saturated heterocycles. The molecule has 2 aromatic carbocycles. The molecule has 4 fully saturated rings. The second-order valence-corrected chi connectivity index (χ2v) is 11.9. The van der Waals surface area contributed by atoms with Crippen LogP contribution in [-0.2, 0) is 0 Å². The van der Waals surface area contributed by atoms with Gasteiger partial charge < -0.3 is 10.2 Å². The first-order valence-corrected chi connectivity index (χ1v) is 14.9. The van der Waals surface area contributed by atoms with Crippen LogP contribution in [0.25, 0.3) is 4.85 Å². The number of hydrogen-bond acceptors (Lipinski definition) is 7. The zero-order chi connectivity index (χ0) is 32.9. The average Bonchev–Trinajstić information content (AvgIpc) is 3.87. The van der Waals surface area contributed by atoms with Gasteiger partial charge in [-0.2, -0.15) is 5.26 Å². The molecule has 8 rings (SSSR count). The molecular weight excluding hydrogens is 601 g/mol. The molecule has 2 aliphatic heterocycles. The molecule has 11 heteroatoms. The van der Waals surface area contributed by atoms with Crippen molar-refractivity contribution >= 4 is 11.4 Å². The fourth-order valence-corrected chi connectivity index (χ4v) is 5.94. The van der Waals surface area contributed by atoms with Gasteiger partial charge in [-0.3, -0.25) is 9.97 Å². The SMILES string of the molecule is C(#CC12CNCC1C2)c1cnccn1.N#Cc1cc(F)cc(N2CC3CC3(C#Cc3cnccn3)C2)c1.[C-]#[N+]c1cc(F)cc(F)c1. The number of halogens is 3. The second kappa shape index (κ2) is 13.3. The van der Waals surface area contributed by atoms with Gasteiger partial charge in [0.05, 0.1) is 36.0 Å². The number of piperidine rings is 2. The van der Waals surface area contributed by atoms with Crippen LogP contribution in [0.5, 0.6) is 0 Å². The highest BCUT2D eigenvalue weighted by Crippen LogP contribution is 2.58. The molecule has 4 aliphatic rings. The number of rotatable bonds is 1. The maximum Gasteiger partial charge on any atom is 0.192 e. The fourth-order valence-electron chi connectivity index (χ4n) is 5.94. The van der Waals surface area contributed by atoms with E-state index in [1.807, 2.05) is 6.07 Å². The summed E-state index contributed by atoms with van der Waals surface area (Å²) in [4.78, 5) is 21.3. The average molecular weight is 629 g/mol. The number of fused-ring (bicyclic) bond motifs is 2. The molecule has 47 heavy (non-hydrogen) atoms. The topological polar surface area (TPSA) is 95.0 Å². The summed E-state index contributed by atoms with van der Waals surface area (Å²) < 4.78 is 38.1. The maximum absolute atomic E-state index is 13.6. The molecular formula is C36H27F3N8. The standard InChI is InChI=1S/C18H13FN4.C11H11N3.C7H3F2N/c19-15-5-13(9-20)6-17(7-15)23-11-14-8-18(14,12-23)2-1-16-10-21-3-4-22-16;1(10-7-12-3-4-14-10)2-11-5-9(11)6-13-8-11;1-10-7-3-5(8)2-6(9)4-7/h3-7,10,14H,8,11-12H2;3-4,7,9,13H,5-6,8H2;2-4H. The van der Waals surface area contributed by atoms with Crippen molar-refractivity contribution in [2.45, 2.75) is 12.8 Å². The number of aromatic nitrogens is 4. The summed E-state index contributed by atoms with van der Waals surface area (Å²) in [6, 6.07) is 9.16. The van der Waals surface area contributed by atoms with Crippen molar-refractivity contribution in [3.8, 4) is 29.8 Å². The molecule has 4 heterocycles. The van der Waals surface area contributed by atoms with Crippen molar-refractivity contribution < 1.29 is 13.2 Å². The first-order valence-electron chi connectivity index (χ1n) is 14.9. The van der Waals surface area contributed by atoms with Crippen molar-refractivity contribution in [1.82, 2.24) is 25.3 Å². The maximum atomic E-state index is 13.6. The van der Waals surface area contributed by atoms with Gasteiger partial charge in [0.25, 0.3) is 0 Å². The molecule has 1 N–H and O–H groups in total. The lowest BCUT2D eigenvalue weighted by atomic mass is 10.1. The monoisotopic (exact) mass is 628 g/mol. The lowest BCUT2D eigenvalue weighted by molar-refractivity contribution is 0.584. The number of hydrogen-bond donors (Lipinski definition) is 1. The van der Waals surface area contributed by atoms with Crippen LogP contribution in [0.4, 0.5) is 24.5 Å². The summed E-state index contributed by atoms with van der Waals surface area (Å²) in [5.74, 6) is 12.4. The molecule has 2 aromatic heterocycles. The van der Waals surface area contributed by atoms with Gasteiger partial charge in [-0.1, -0.05) is 11.8 Å². The minimum atomic E-state index is -0.717. The van der Waals surface area contributed by atoms with E-state index in [0.29, 0.717) is 17.2 Å². The first kappa shape index (κ1) is 31.2. The van der Waals surface area contributed by atoms with Gasteiger partial charge in [0.15, 0.2) is 5.69 Å². The van der Waals surface area contributed by atoms with Gasteiger partial charge in [-0.25, -0.2) is 28.0 Å². The molecule has 0 radical (unpaired) electrons. The van der Waals surface area contributed by atoms with Crippen LogP contribution in [0.2, 0.25) is 0 Å². The number of nitrogens with one attached hydrogen (secondary N) is 1. The molecule has 4 unspecified atom stereocenters. The third-order valence-electron chi connectivity index (χ3n) is 8.57. The van der Waals surface area contributed by atoms with Gasteiger partial charge in [0.1, 0.15) is 28.8 Å². The Morgan fingerprint density at radius 1 is 0.830 bits per heavy atom. The van der Waals surface area contributed by atoms with Crippen molar-refractivity contribution in [2.75, 3.05) is 31.1 Å². The van der Waals surface area contributed by atoms with Gasteiger partial charge in [-0.15, -0.1) is 0 Å². The number of nitriles is 1. The van der Waals surface area contributed by atoms with Crippen LogP contribution in [0.3, 0.4) is 0 Å². The molecule has 4 aromatic rings. The molecule has 0 amide bonds. The summed E-state index contributed by atoms with van der Waals surface area (Å²) in [5, 5.41) is 12.3. The number of nitrogens with zero attached hydrogens (tertiary/aromatic N) is 7. The summed E-state index contributed by atoms with van der Waals surface area (Å²) in [6.45, 7) is 10.2. The lowest BCUT2D eigenvalue weighted by Gasteiger charge is -2.21. The molecule has 232 valence electrons. The van der Waals surface area contributed by atoms with Crippen molar-refractivity contribution in [3.63, 3.8) is 0 Å². The summed E-state index contributed by atoms with van der Waals surface area (Å²) in [5.41, 5.74) is 2.78. The molecule has 4 atom stereocenters. The zero-order valence-corrected chi connectivity index (χ0v) is 25.1. The minimum absolute atomic E-state index is 0.0162. The third-order valence-corrected chi connectivity index (χ3v) is 8.57. The molecule has 0 bridgehead atoms. The highest BCUT2D eigenvalue weighted by Gasteiger charge is 2.59. The van der Waals surface area contributed by atoms with Crippen molar-refractivity contribution in [1.29, 1.82) is 5.26 Å². The number of anilines is 1. The van der Waals surface area contributed by atoms with Crippen LogP contribution >= 0.6 is 0 Å². The lowest BCUT2D eigenvalue weighted by Crippen LogP contribution is -2.24. The van der Waals surface area contributed by atoms with E-state index in [4.69, 9.17) is 11.8 Å². The van der Waals surface area contributed by atoms with Gasteiger partial charge in [0.2, 0.25) is 0 Å². The Balaban J connectivity index is 0.000000137. The predicted octanol–water partition coefficient (Wildman–Crippen LogP) is 5.32. The van der Waals surface area contributed by atoms with E-state index in [2.05, 4.69) is 58.7 Å². The molecule has 2 saturated carbocycles. The van der Waals surface area contributed by atoms with Gasteiger partial charge in [0, 0.05) is 61.6 Å². The number of benzene rings is 2. The quantitative estimate of drug-likeness (QED) is 0.225. The van der Waals surface area contributed by atoms with Crippen molar-refractivity contribution in [3.05, 3.63) is 119 Å². The Hall–Kier alpha value is -5.75. The highest BCUT2D eigenvalue weighted by molar-refractivity contribution is 5.55. The van der Waals surface area contributed by atoms with Crippen LogP contribution in [0.1, 0.15) is 29.8 Å². The Labute approximate surface area is 270 Å². The van der Waals surface area contributed by atoms with E-state index < -0.39 is 11.6 Å². The van der Waals surface area contributed by atoms with Gasteiger partial charge >= 0.3 is 0 Å². The van der Waals surface area contributed by atoms with Crippen LogP contribution < -0.4 is 10.2 Å². The largest absolute Gasteiger partial charge is 0.370 e. The molecule has 2 aliphatic carbocycles. The van der Waals surface area contributed by atoms with E-state index in [1.54, 1.807) is 43.2 Å². The van der Waals surface area contributed by atoms with Crippen LogP contribution in [-0.4, -0.2) is 46.1 Å². The minimum Gasteiger partial charge on any atom is -0.370 e. The Morgan fingerprint density at radius 2 is 1.47 bits per heavy atom. The molecule has 0 spiro atoms. The summed E-state index contributed by atoms with van der Waals surface area (Å²) in [6.07, 6.45) is 12.3. The van der Waals surface area contributed by atoms with Crippen molar-refractivity contribution in [2.24, 2.45) is 22.7 Å². The van der Waals surface area contributed by atoms with E-state index >= 15 is 0 Å². The third kappa shape index (κ3) is 7.56. The Kier molecular flexibility index (Phi) is 8.85. The smallest absolute Gasteiger partial charge is 0.192 e. The van der Waals surface area contributed by atoms with E-state index in [9.17, 15) is 13.2 Å². The van der Waals surface area contributed by atoms with E-state index in [0.717, 1.165) is 68.1 Å². The Morgan fingerprint density at radius 3 is 2.02 bits per heavy atom. The molecule has 8 nitrogen and oxygen atoms in total. The van der Waals surface area contributed by atoms with E-state index in [-0.39, 0.29) is 22.3 Å². The summed E-state index contributed by atoms with van der Waals surface area (Å²) in [7, 11) is 0. The zero-order valence-electron chi connectivity index (χ0n) is 25.1. The van der Waals surface area contributed by atoms with Crippen LogP contribution in [0, 0.1) is 81.7 Å². The summed E-state index contributed by atoms with van der Waals surface area (Å²) >= 11 is 0. The fraction of sp³-hybridized carbons (Fsp3) is 0.278. The van der Waals surface area contributed by atoms with Gasteiger partial charge in [-0.05, 0) is 73.4 Å². The van der Waals surface area contributed by atoms with Crippen LogP contribution in [0.15, 0.2) is 73.6 Å². The predicted molar refractivity (Wildman–Crippen MR) is 168 cm³/mol. The highest BCUT2D eigenvalue weighted by atomic mass is 19.1. The Bertz CT molecular complexity index is 1970.